The molecule has 1 amide bonds. The molecule has 0 saturated carbocycles. The number of carbonyl (C=O) groups is 2. The van der Waals surface area contributed by atoms with Gasteiger partial charge in [0.2, 0.25) is 0 Å². The summed E-state index contributed by atoms with van der Waals surface area (Å²) in [5.74, 6) is -0.474. The number of anilines is 1. The topological polar surface area (TPSA) is 87.1 Å². The molecule has 2 N–H and O–H groups in total. The van der Waals surface area contributed by atoms with Crippen LogP contribution in [0.5, 0.6) is 17.2 Å². The largest absolute Gasteiger partial charge is 0.508 e. The SMILES string of the molecule is Cc1ccc(/C(O)=C2/C(=O)C(=O)N(c3ccc(Oc4ccccc4)cc3)C2c2ccc(O)cc2)cc1C. The van der Waals surface area contributed by atoms with Gasteiger partial charge < -0.3 is 14.9 Å². The first-order valence-corrected chi connectivity index (χ1v) is 11.8. The number of hydrogen-bond donors (Lipinski definition) is 2. The number of nitrogens with zero attached hydrogens (tertiary/aromatic N) is 1. The highest BCUT2D eigenvalue weighted by atomic mass is 16.5. The minimum atomic E-state index is -0.886. The molecular weight excluding hydrogens is 466 g/mol. The molecule has 5 rings (SSSR count). The molecule has 0 radical (unpaired) electrons. The summed E-state index contributed by atoms with van der Waals surface area (Å²) in [5, 5.41) is 21.1. The molecule has 1 unspecified atom stereocenters. The van der Waals surface area contributed by atoms with Crippen molar-refractivity contribution < 1.29 is 24.5 Å². The monoisotopic (exact) mass is 491 g/mol. The van der Waals surface area contributed by atoms with E-state index < -0.39 is 17.7 Å². The molecule has 0 spiro atoms. The number of Topliss-reactive ketones (excluding diaryl/α,β-unsaturated/α-hetero) is 1. The Hall–Kier alpha value is -4.84. The summed E-state index contributed by atoms with van der Waals surface area (Å²) in [7, 11) is 0. The van der Waals surface area contributed by atoms with Gasteiger partial charge in [-0.25, -0.2) is 0 Å². The van der Waals surface area contributed by atoms with Gasteiger partial charge in [0.25, 0.3) is 11.7 Å². The second-order valence-electron chi connectivity index (χ2n) is 8.97. The van der Waals surface area contributed by atoms with Gasteiger partial charge >= 0.3 is 0 Å². The molecule has 1 aliphatic heterocycles. The summed E-state index contributed by atoms with van der Waals surface area (Å²) in [4.78, 5) is 28.1. The lowest BCUT2D eigenvalue weighted by molar-refractivity contribution is -0.132. The van der Waals surface area contributed by atoms with E-state index in [1.807, 2.05) is 50.2 Å². The zero-order valence-electron chi connectivity index (χ0n) is 20.4. The Kier molecular flexibility index (Phi) is 6.24. The summed E-state index contributed by atoms with van der Waals surface area (Å²) in [6.45, 7) is 3.88. The Morgan fingerprint density at radius 2 is 1.43 bits per heavy atom. The molecule has 37 heavy (non-hydrogen) atoms. The van der Waals surface area contributed by atoms with Crippen LogP contribution in [0.2, 0.25) is 0 Å². The number of benzene rings is 4. The maximum absolute atomic E-state index is 13.4. The second-order valence-corrected chi connectivity index (χ2v) is 8.97. The number of aryl methyl sites for hydroxylation is 2. The average Bonchev–Trinajstić information content (AvgIpc) is 3.17. The molecule has 0 aliphatic carbocycles. The molecule has 1 aliphatic rings. The highest BCUT2D eigenvalue weighted by molar-refractivity contribution is 6.51. The molecule has 0 bridgehead atoms. The van der Waals surface area contributed by atoms with Gasteiger partial charge in [0.1, 0.15) is 23.0 Å². The Labute approximate surface area is 214 Å². The molecule has 4 aromatic carbocycles. The Balaban J connectivity index is 1.59. The van der Waals surface area contributed by atoms with Crippen molar-refractivity contribution >= 4 is 23.1 Å². The predicted molar refractivity (Wildman–Crippen MR) is 142 cm³/mol. The highest BCUT2D eigenvalue weighted by Gasteiger charge is 2.47. The lowest BCUT2D eigenvalue weighted by Gasteiger charge is -2.25. The van der Waals surface area contributed by atoms with E-state index in [1.165, 1.54) is 17.0 Å². The van der Waals surface area contributed by atoms with Crippen LogP contribution in [0.25, 0.3) is 5.76 Å². The maximum Gasteiger partial charge on any atom is 0.300 e. The molecule has 6 heteroatoms. The number of para-hydroxylation sites is 1. The number of hydrogen-bond acceptors (Lipinski definition) is 5. The van der Waals surface area contributed by atoms with E-state index in [1.54, 1.807) is 48.5 Å². The third kappa shape index (κ3) is 4.57. The summed E-state index contributed by atoms with van der Waals surface area (Å²) in [6.07, 6.45) is 0. The van der Waals surface area contributed by atoms with Crippen LogP contribution in [-0.4, -0.2) is 21.9 Å². The standard InChI is InChI=1S/C31H25NO5/c1-19-8-9-22(18-20(19)2)29(34)27-28(21-10-14-24(33)15-11-21)32(31(36)30(27)35)23-12-16-26(17-13-23)37-25-6-4-3-5-7-25/h3-18,28,33-34H,1-2H3/b29-27-. The van der Waals surface area contributed by atoms with Crippen molar-refractivity contribution in [3.05, 3.63) is 125 Å². The zero-order valence-corrected chi connectivity index (χ0v) is 20.4. The lowest BCUT2D eigenvalue weighted by Crippen LogP contribution is -2.29. The molecule has 0 aromatic heterocycles. The molecule has 1 atom stereocenters. The van der Waals surface area contributed by atoms with E-state index in [0.717, 1.165) is 11.1 Å². The van der Waals surface area contributed by atoms with Crippen molar-refractivity contribution in [2.45, 2.75) is 19.9 Å². The van der Waals surface area contributed by atoms with Crippen LogP contribution >= 0.6 is 0 Å². The van der Waals surface area contributed by atoms with Gasteiger partial charge in [-0.3, -0.25) is 14.5 Å². The van der Waals surface area contributed by atoms with Gasteiger partial charge in [-0.05, 0) is 85.1 Å². The van der Waals surface area contributed by atoms with Gasteiger partial charge in [-0.15, -0.1) is 0 Å². The van der Waals surface area contributed by atoms with Crippen molar-refractivity contribution in [3.63, 3.8) is 0 Å². The number of aromatic hydroxyl groups is 1. The normalized spacial score (nSPS) is 16.7. The number of amides is 1. The van der Waals surface area contributed by atoms with Crippen LogP contribution in [0.4, 0.5) is 5.69 Å². The van der Waals surface area contributed by atoms with Gasteiger partial charge in [0.15, 0.2) is 0 Å². The fraction of sp³-hybridized carbons (Fsp3) is 0.0968. The number of ether oxygens (including phenoxy) is 1. The molecule has 1 heterocycles. The number of ketones is 1. The zero-order chi connectivity index (χ0) is 26.1. The van der Waals surface area contributed by atoms with Gasteiger partial charge in [-0.1, -0.05) is 42.5 Å². The Morgan fingerprint density at radius 1 is 0.784 bits per heavy atom. The number of aliphatic hydroxyl groups excluding tert-OH is 1. The van der Waals surface area contributed by atoms with Crippen LogP contribution in [0.3, 0.4) is 0 Å². The average molecular weight is 492 g/mol. The summed E-state index contributed by atoms with van der Waals surface area (Å²) < 4.78 is 5.86. The van der Waals surface area contributed by atoms with E-state index in [2.05, 4.69) is 0 Å². The van der Waals surface area contributed by atoms with Crippen LogP contribution in [0.15, 0.2) is 103 Å². The number of phenols is 1. The first-order chi connectivity index (χ1) is 17.8. The smallest absolute Gasteiger partial charge is 0.300 e. The van der Waals surface area contributed by atoms with Gasteiger partial charge in [-0.2, -0.15) is 0 Å². The van der Waals surface area contributed by atoms with E-state index in [0.29, 0.717) is 28.3 Å². The van der Waals surface area contributed by atoms with Gasteiger partial charge in [0.05, 0.1) is 11.6 Å². The highest BCUT2D eigenvalue weighted by Crippen LogP contribution is 2.43. The summed E-state index contributed by atoms with van der Waals surface area (Å²) in [6, 6.07) is 26.9. The Morgan fingerprint density at radius 3 is 2.08 bits per heavy atom. The first-order valence-electron chi connectivity index (χ1n) is 11.8. The minimum Gasteiger partial charge on any atom is -0.508 e. The molecular formula is C31H25NO5. The number of aliphatic hydroxyl groups is 1. The predicted octanol–water partition coefficient (Wildman–Crippen LogP) is 6.43. The van der Waals surface area contributed by atoms with Crippen molar-refractivity contribution in [2.75, 3.05) is 4.90 Å². The van der Waals surface area contributed by atoms with Crippen molar-refractivity contribution in [1.82, 2.24) is 0 Å². The van der Waals surface area contributed by atoms with Crippen LogP contribution in [0, 0.1) is 13.8 Å². The third-order valence-electron chi connectivity index (χ3n) is 6.53. The van der Waals surface area contributed by atoms with Crippen molar-refractivity contribution in [2.24, 2.45) is 0 Å². The minimum absolute atomic E-state index is 0.0106. The first kappa shape index (κ1) is 23.9. The third-order valence-corrected chi connectivity index (χ3v) is 6.53. The molecule has 6 nitrogen and oxygen atoms in total. The quantitative estimate of drug-likeness (QED) is 0.191. The maximum atomic E-state index is 13.4. The van der Waals surface area contributed by atoms with E-state index in [4.69, 9.17) is 4.74 Å². The van der Waals surface area contributed by atoms with Crippen LogP contribution < -0.4 is 9.64 Å². The van der Waals surface area contributed by atoms with Crippen molar-refractivity contribution in [3.8, 4) is 17.2 Å². The summed E-state index contributed by atoms with van der Waals surface area (Å²) in [5.41, 5.74) is 3.49. The fourth-order valence-electron chi connectivity index (χ4n) is 4.41. The van der Waals surface area contributed by atoms with Gasteiger partial charge in [0, 0.05) is 11.3 Å². The number of rotatable bonds is 5. The molecule has 1 fully saturated rings. The summed E-state index contributed by atoms with van der Waals surface area (Å²) >= 11 is 0. The van der Waals surface area contributed by atoms with E-state index in [-0.39, 0.29) is 17.1 Å². The number of carbonyl (C=O) groups excluding carboxylic acids is 2. The molecule has 184 valence electrons. The van der Waals surface area contributed by atoms with E-state index in [9.17, 15) is 19.8 Å². The van der Waals surface area contributed by atoms with Crippen LogP contribution in [0.1, 0.15) is 28.3 Å². The second kappa shape index (κ2) is 9.66. The number of phenolic OH excluding ortho intramolecular Hbond substituents is 1. The fourth-order valence-corrected chi connectivity index (χ4v) is 4.41. The lowest BCUT2D eigenvalue weighted by atomic mass is 9.94. The molecule has 4 aromatic rings. The van der Waals surface area contributed by atoms with Crippen molar-refractivity contribution in [1.29, 1.82) is 0 Å². The van der Waals surface area contributed by atoms with E-state index >= 15 is 0 Å². The van der Waals surface area contributed by atoms with Crippen LogP contribution in [-0.2, 0) is 9.59 Å². The molecule has 1 saturated heterocycles. The Bertz CT molecular complexity index is 1510.